The van der Waals surface area contributed by atoms with Gasteiger partial charge in [0.1, 0.15) is 23.8 Å². The molecule has 0 aliphatic carbocycles. The maximum Gasteiger partial charge on any atom is 0.336 e. The standard InChI is InChI=1S/C18H13Cl2FO3/c1-2-10-6-18(22)24-16-8-17(14(20)7-11(10)16)23-9-12-13(19)4-3-5-15(12)21/h3-8H,2,9H2,1H3. The molecular weight excluding hydrogens is 354 g/mol. The van der Waals surface area contributed by atoms with Gasteiger partial charge in [-0.2, -0.15) is 0 Å². The monoisotopic (exact) mass is 366 g/mol. The molecule has 2 aromatic carbocycles. The molecule has 124 valence electrons. The van der Waals surface area contributed by atoms with Crippen LogP contribution in [0.5, 0.6) is 5.75 Å². The van der Waals surface area contributed by atoms with E-state index < -0.39 is 11.4 Å². The van der Waals surface area contributed by atoms with E-state index in [9.17, 15) is 9.18 Å². The van der Waals surface area contributed by atoms with Gasteiger partial charge in [-0.15, -0.1) is 0 Å². The van der Waals surface area contributed by atoms with Crippen molar-refractivity contribution in [3.05, 3.63) is 73.8 Å². The van der Waals surface area contributed by atoms with Crippen LogP contribution in [0.25, 0.3) is 11.0 Å². The molecule has 0 aliphatic heterocycles. The number of ether oxygens (including phenoxy) is 1. The Bertz CT molecular complexity index is 946. The zero-order valence-electron chi connectivity index (χ0n) is 12.7. The molecule has 0 saturated carbocycles. The van der Waals surface area contributed by atoms with Crippen LogP contribution in [0.4, 0.5) is 4.39 Å². The highest BCUT2D eigenvalue weighted by Crippen LogP contribution is 2.32. The number of benzene rings is 2. The van der Waals surface area contributed by atoms with Crippen molar-refractivity contribution in [1.29, 1.82) is 0 Å². The van der Waals surface area contributed by atoms with Gasteiger partial charge in [0.25, 0.3) is 0 Å². The van der Waals surface area contributed by atoms with Gasteiger partial charge in [-0.3, -0.25) is 0 Å². The third-order valence-electron chi connectivity index (χ3n) is 3.70. The zero-order valence-corrected chi connectivity index (χ0v) is 14.2. The van der Waals surface area contributed by atoms with Crippen LogP contribution in [0.15, 0.2) is 45.6 Å². The van der Waals surface area contributed by atoms with E-state index in [2.05, 4.69) is 0 Å². The van der Waals surface area contributed by atoms with Crippen molar-refractivity contribution in [2.75, 3.05) is 0 Å². The highest BCUT2D eigenvalue weighted by molar-refractivity contribution is 6.33. The molecule has 0 atom stereocenters. The van der Waals surface area contributed by atoms with E-state index >= 15 is 0 Å². The Morgan fingerprint density at radius 1 is 1.17 bits per heavy atom. The van der Waals surface area contributed by atoms with Gasteiger partial charge in [-0.05, 0) is 30.2 Å². The summed E-state index contributed by atoms with van der Waals surface area (Å²) in [7, 11) is 0. The predicted octanol–water partition coefficient (Wildman–Crippen LogP) is 5.38. The van der Waals surface area contributed by atoms with Crippen molar-refractivity contribution in [2.45, 2.75) is 20.0 Å². The Balaban J connectivity index is 1.98. The maximum atomic E-state index is 13.8. The molecule has 0 amide bonds. The van der Waals surface area contributed by atoms with Gasteiger partial charge < -0.3 is 9.15 Å². The lowest BCUT2D eigenvalue weighted by atomic mass is 10.1. The quantitative estimate of drug-likeness (QED) is 0.581. The van der Waals surface area contributed by atoms with Gasteiger partial charge in [-0.25, -0.2) is 9.18 Å². The summed E-state index contributed by atoms with van der Waals surface area (Å²) < 4.78 is 24.6. The molecule has 0 saturated heterocycles. The SMILES string of the molecule is CCc1cc(=O)oc2cc(OCc3c(F)cccc3Cl)c(Cl)cc12. The summed E-state index contributed by atoms with van der Waals surface area (Å²) in [6.45, 7) is 1.85. The fraction of sp³-hybridized carbons (Fsp3) is 0.167. The molecule has 24 heavy (non-hydrogen) atoms. The summed E-state index contributed by atoms with van der Waals surface area (Å²) in [5.74, 6) is -0.167. The molecule has 6 heteroatoms. The van der Waals surface area contributed by atoms with Gasteiger partial charge in [0.15, 0.2) is 0 Å². The lowest BCUT2D eigenvalue weighted by Crippen LogP contribution is -2.02. The minimum atomic E-state index is -0.459. The van der Waals surface area contributed by atoms with E-state index in [0.717, 1.165) is 10.9 Å². The average molecular weight is 367 g/mol. The average Bonchev–Trinajstić information content (AvgIpc) is 2.54. The number of halogens is 3. The summed E-state index contributed by atoms with van der Waals surface area (Å²) in [4.78, 5) is 11.6. The molecule has 3 nitrogen and oxygen atoms in total. The van der Waals surface area contributed by atoms with Crippen molar-refractivity contribution >= 4 is 34.2 Å². The lowest BCUT2D eigenvalue weighted by Gasteiger charge is -2.11. The van der Waals surface area contributed by atoms with Crippen LogP contribution < -0.4 is 10.4 Å². The summed E-state index contributed by atoms with van der Waals surface area (Å²) in [6.07, 6.45) is 0.670. The molecule has 0 aliphatic rings. The highest BCUT2D eigenvalue weighted by atomic mass is 35.5. The van der Waals surface area contributed by atoms with Crippen LogP contribution in [0.1, 0.15) is 18.1 Å². The second-order valence-electron chi connectivity index (χ2n) is 5.21. The van der Waals surface area contributed by atoms with E-state index in [0.29, 0.717) is 22.8 Å². The van der Waals surface area contributed by atoms with E-state index in [1.54, 1.807) is 12.1 Å². The Labute approximate surface area is 147 Å². The molecule has 3 aromatic rings. The van der Waals surface area contributed by atoms with Crippen LogP contribution in [-0.4, -0.2) is 0 Å². The normalized spacial score (nSPS) is 11.0. The first-order chi connectivity index (χ1) is 11.5. The van der Waals surface area contributed by atoms with Gasteiger partial charge in [0, 0.05) is 23.1 Å². The molecule has 0 spiro atoms. The lowest BCUT2D eigenvalue weighted by molar-refractivity contribution is 0.300. The van der Waals surface area contributed by atoms with Crippen molar-refractivity contribution < 1.29 is 13.5 Å². The fourth-order valence-electron chi connectivity index (χ4n) is 2.45. The predicted molar refractivity (Wildman–Crippen MR) is 92.6 cm³/mol. The first-order valence-electron chi connectivity index (χ1n) is 7.31. The van der Waals surface area contributed by atoms with Crippen molar-refractivity contribution in [3.8, 4) is 5.75 Å². The zero-order chi connectivity index (χ0) is 17.3. The van der Waals surface area contributed by atoms with Crippen LogP contribution in [0.2, 0.25) is 10.0 Å². The summed E-state index contributed by atoms with van der Waals surface area (Å²) in [6, 6.07) is 9.06. The number of fused-ring (bicyclic) bond motifs is 1. The number of hydrogen-bond acceptors (Lipinski definition) is 3. The molecular formula is C18H13Cl2FO3. The molecule has 1 heterocycles. The third kappa shape index (κ3) is 3.25. The van der Waals surface area contributed by atoms with Crippen LogP contribution in [0, 0.1) is 5.82 Å². The van der Waals surface area contributed by atoms with E-state index in [1.165, 1.54) is 24.3 Å². The Hall–Kier alpha value is -2.04. The second-order valence-corrected chi connectivity index (χ2v) is 6.03. The molecule has 3 rings (SSSR count). The molecule has 1 aromatic heterocycles. The smallest absolute Gasteiger partial charge is 0.336 e. The van der Waals surface area contributed by atoms with Gasteiger partial charge in [0.05, 0.1) is 10.0 Å². The molecule has 0 N–H and O–H groups in total. The van der Waals surface area contributed by atoms with Gasteiger partial charge >= 0.3 is 5.63 Å². The second kappa shape index (κ2) is 6.83. The fourth-order valence-corrected chi connectivity index (χ4v) is 2.89. The van der Waals surface area contributed by atoms with Gasteiger partial charge in [0.2, 0.25) is 0 Å². The van der Waals surface area contributed by atoms with Crippen molar-refractivity contribution in [3.63, 3.8) is 0 Å². The third-order valence-corrected chi connectivity index (χ3v) is 4.35. The Morgan fingerprint density at radius 2 is 1.96 bits per heavy atom. The summed E-state index contributed by atoms with van der Waals surface area (Å²) >= 11 is 12.2. The number of aryl methyl sites for hydroxylation is 1. The first-order valence-corrected chi connectivity index (χ1v) is 8.07. The maximum absolute atomic E-state index is 13.8. The number of rotatable bonds is 4. The first kappa shape index (κ1) is 16.8. The highest BCUT2D eigenvalue weighted by Gasteiger charge is 2.13. The van der Waals surface area contributed by atoms with Crippen LogP contribution in [-0.2, 0) is 13.0 Å². The summed E-state index contributed by atoms with van der Waals surface area (Å²) in [5.41, 5.74) is 1.01. The van der Waals surface area contributed by atoms with Crippen LogP contribution in [0.3, 0.4) is 0 Å². The van der Waals surface area contributed by atoms with Crippen LogP contribution >= 0.6 is 23.2 Å². The van der Waals surface area contributed by atoms with Crippen molar-refractivity contribution in [1.82, 2.24) is 0 Å². The Kier molecular flexibility index (Phi) is 4.78. The van der Waals surface area contributed by atoms with E-state index in [1.807, 2.05) is 6.92 Å². The molecule has 0 bridgehead atoms. The van der Waals surface area contributed by atoms with Gasteiger partial charge in [-0.1, -0.05) is 36.2 Å². The largest absolute Gasteiger partial charge is 0.487 e. The Morgan fingerprint density at radius 3 is 2.67 bits per heavy atom. The minimum Gasteiger partial charge on any atom is -0.487 e. The number of hydrogen-bond donors (Lipinski definition) is 0. The van der Waals surface area contributed by atoms with E-state index in [-0.39, 0.29) is 17.2 Å². The molecule has 0 unspecified atom stereocenters. The molecule has 0 fully saturated rings. The topological polar surface area (TPSA) is 39.4 Å². The minimum absolute atomic E-state index is 0.0889. The van der Waals surface area contributed by atoms with E-state index in [4.69, 9.17) is 32.4 Å². The summed E-state index contributed by atoms with van der Waals surface area (Å²) in [5, 5.41) is 1.36. The van der Waals surface area contributed by atoms with Crippen molar-refractivity contribution in [2.24, 2.45) is 0 Å². The molecule has 0 radical (unpaired) electrons.